The third kappa shape index (κ3) is 3.52. The van der Waals surface area contributed by atoms with Crippen molar-refractivity contribution in [1.29, 1.82) is 0 Å². The van der Waals surface area contributed by atoms with Gasteiger partial charge in [-0.15, -0.1) is 0 Å². The van der Waals surface area contributed by atoms with Gasteiger partial charge in [0.15, 0.2) is 11.6 Å². The number of hydrogen-bond acceptors (Lipinski definition) is 6. The van der Waals surface area contributed by atoms with E-state index in [4.69, 9.17) is 10.2 Å². The topological polar surface area (TPSA) is 114 Å². The summed E-state index contributed by atoms with van der Waals surface area (Å²) in [5.41, 5.74) is 5.27. The van der Waals surface area contributed by atoms with Gasteiger partial charge in [0.2, 0.25) is 5.96 Å². The van der Waals surface area contributed by atoms with Crippen molar-refractivity contribution in [3.05, 3.63) is 47.4 Å². The molecular formula is C17H20FN5O3S. The average molecular weight is 393 g/mol. The Morgan fingerprint density at radius 3 is 2.81 bits per heavy atom. The lowest BCUT2D eigenvalue weighted by molar-refractivity contribution is 0.102. The normalized spacial score (nSPS) is 25.2. The van der Waals surface area contributed by atoms with Crippen LogP contribution >= 0.6 is 0 Å². The Hall–Kier alpha value is -2.88. The van der Waals surface area contributed by atoms with Crippen LogP contribution < -0.4 is 11.1 Å². The number of hydrogen-bond donors (Lipinski definition) is 2. The molecule has 0 fully saturated rings. The van der Waals surface area contributed by atoms with Crippen LogP contribution in [0.2, 0.25) is 0 Å². The van der Waals surface area contributed by atoms with Crippen LogP contribution in [0.15, 0.2) is 33.9 Å². The van der Waals surface area contributed by atoms with Crippen molar-refractivity contribution in [1.82, 2.24) is 9.29 Å². The van der Waals surface area contributed by atoms with Gasteiger partial charge in [-0.05, 0) is 31.0 Å². The van der Waals surface area contributed by atoms with Crippen molar-refractivity contribution < 1.29 is 17.8 Å². The number of amides is 1. The summed E-state index contributed by atoms with van der Waals surface area (Å²) >= 11 is 0. The Balaban J connectivity index is 1.97. The molecule has 3 N–H and O–H groups in total. The van der Waals surface area contributed by atoms with Crippen molar-refractivity contribution in [3.63, 3.8) is 0 Å². The number of anilines is 1. The van der Waals surface area contributed by atoms with E-state index >= 15 is 0 Å². The van der Waals surface area contributed by atoms with Crippen molar-refractivity contribution >= 4 is 33.1 Å². The van der Waals surface area contributed by atoms with Gasteiger partial charge >= 0.3 is 0 Å². The zero-order chi connectivity index (χ0) is 20.0. The molecule has 8 nitrogen and oxygen atoms in total. The molecule has 1 aromatic heterocycles. The molecule has 1 unspecified atom stereocenters. The van der Waals surface area contributed by atoms with E-state index in [-0.39, 0.29) is 23.0 Å². The van der Waals surface area contributed by atoms with Crippen LogP contribution in [0.4, 0.5) is 10.1 Å². The van der Waals surface area contributed by atoms with Gasteiger partial charge < -0.3 is 15.5 Å². The van der Waals surface area contributed by atoms with Crippen LogP contribution in [0.3, 0.4) is 0 Å². The first kappa shape index (κ1) is 18.9. The second kappa shape index (κ2) is 6.38. The summed E-state index contributed by atoms with van der Waals surface area (Å²) in [4.78, 5) is 20.5. The van der Waals surface area contributed by atoms with Gasteiger partial charge in [0, 0.05) is 25.2 Å². The second-order valence-corrected chi connectivity index (χ2v) is 8.94. The van der Waals surface area contributed by atoms with E-state index in [2.05, 4.69) is 21.2 Å². The first-order valence-electron chi connectivity index (χ1n) is 7.99. The lowest BCUT2D eigenvalue weighted by Crippen LogP contribution is -2.50. The summed E-state index contributed by atoms with van der Waals surface area (Å²) in [5.74, 6) is 3.00. The SMILES string of the molecule is C=S1(=O)C[C@@](C)(c2cc(NC(=O)c3coc(C)n3)ccc2F)N=C(N)N1C. The van der Waals surface area contributed by atoms with E-state index in [9.17, 15) is 13.4 Å². The molecule has 2 atom stereocenters. The number of nitrogens with zero attached hydrogens (tertiary/aromatic N) is 3. The molecule has 2 aromatic rings. The lowest BCUT2D eigenvalue weighted by atomic mass is 9.93. The molecule has 1 aliphatic heterocycles. The number of nitrogens with two attached hydrogens (primary N) is 1. The maximum atomic E-state index is 14.6. The number of benzene rings is 1. The molecule has 1 aromatic carbocycles. The summed E-state index contributed by atoms with van der Waals surface area (Å²) in [6.45, 7) is 3.25. The number of nitrogens with one attached hydrogen (secondary N) is 1. The zero-order valence-corrected chi connectivity index (χ0v) is 16.0. The van der Waals surface area contributed by atoms with Gasteiger partial charge in [-0.2, -0.15) is 0 Å². The van der Waals surface area contributed by atoms with Gasteiger partial charge in [-0.25, -0.2) is 18.6 Å². The number of rotatable bonds is 3. The summed E-state index contributed by atoms with van der Waals surface area (Å²) < 4.78 is 33.6. The molecule has 0 aliphatic carbocycles. The molecule has 1 aliphatic rings. The number of halogens is 1. The van der Waals surface area contributed by atoms with E-state index in [1.807, 2.05) is 0 Å². The molecule has 10 heteroatoms. The van der Waals surface area contributed by atoms with Crippen LogP contribution in [-0.4, -0.2) is 44.0 Å². The molecule has 0 radical (unpaired) electrons. The summed E-state index contributed by atoms with van der Waals surface area (Å²) in [6.07, 6.45) is 1.23. The van der Waals surface area contributed by atoms with Gasteiger partial charge in [0.05, 0.1) is 15.5 Å². The Morgan fingerprint density at radius 2 is 2.22 bits per heavy atom. The van der Waals surface area contributed by atoms with Crippen molar-refractivity contribution in [2.75, 3.05) is 18.1 Å². The number of aryl methyl sites for hydroxylation is 1. The monoisotopic (exact) mass is 393 g/mol. The highest BCUT2D eigenvalue weighted by Crippen LogP contribution is 2.34. The fourth-order valence-corrected chi connectivity index (χ4v) is 4.55. The number of oxazole rings is 1. The van der Waals surface area contributed by atoms with Crippen LogP contribution in [0.25, 0.3) is 0 Å². The maximum Gasteiger partial charge on any atom is 0.277 e. The highest BCUT2D eigenvalue weighted by atomic mass is 32.2. The third-order valence-electron chi connectivity index (χ3n) is 4.35. The van der Waals surface area contributed by atoms with Crippen LogP contribution in [0, 0.1) is 12.7 Å². The molecule has 0 spiro atoms. The zero-order valence-electron chi connectivity index (χ0n) is 15.2. The molecule has 0 saturated carbocycles. The van der Waals surface area contributed by atoms with Gasteiger partial charge in [0.1, 0.15) is 17.6 Å². The Kier molecular flexibility index (Phi) is 4.46. The number of carbonyl (C=O) groups excluding carboxylic acids is 1. The summed E-state index contributed by atoms with van der Waals surface area (Å²) in [6, 6.07) is 4.06. The lowest BCUT2D eigenvalue weighted by Gasteiger charge is -2.37. The predicted octanol–water partition coefficient (Wildman–Crippen LogP) is 1.48. The minimum atomic E-state index is -2.76. The fraction of sp³-hybridized carbons (Fsp3) is 0.294. The van der Waals surface area contributed by atoms with E-state index in [1.54, 1.807) is 13.8 Å². The second-order valence-electron chi connectivity index (χ2n) is 6.56. The molecular weight excluding hydrogens is 373 g/mol. The molecule has 0 bridgehead atoms. The minimum absolute atomic E-state index is 0.00987. The van der Waals surface area contributed by atoms with Crippen LogP contribution in [0.1, 0.15) is 28.9 Å². The van der Waals surface area contributed by atoms with Crippen LogP contribution in [-0.2, 0) is 15.2 Å². The van der Waals surface area contributed by atoms with E-state index < -0.39 is 27.0 Å². The Morgan fingerprint density at radius 1 is 1.52 bits per heavy atom. The van der Waals surface area contributed by atoms with Gasteiger partial charge in [-0.1, -0.05) is 0 Å². The highest BCUT2D eigenvalue weighted by Gasteiger charge is 2.38. The van der Waals surface area contributed by atoms with Gasteiger partial charge in [0.25, 0.3) is 5.91 Å². The average Bonchev–Trinajstić information content (AvgIpc) is 3.00. The van der Waals surface area contributed by atoms with Gasteiger partial charge in [-0.3, -0.25) is 9.10 Å². The van der Waals surface area contributed by atoms with Crippen molar-refractivity contribution in [3.8, 4) is 0 Å². The van der Waals surface area contributed by atoms with Crippen molar-refractivity contribution in [2.45, 2.75) is 19.4 Å². The Labute approximate surface area is 156 Å². The predicted molar refractivity (Wildman–Crippen MR) is 102 cm³/mol. The van der Waals surface area contributed by atoms with Crippen LogP contribution in [0.5, 0.6) is 0 Å². The molecule has 1 amide bonds. The molecule has 27 heavy (non-hydrogen) atoms. The molecule has 2 heterocycles. The number of carbonyl (C=O) groups is 1. The Bertz CT molecular complexity index is 1050. The number of aromatic nitrogens is 1. The quantitative estimate of drug-likeness (QED) is 0.767. The minimum Gasteiger partial charge on any atom is -0.448 e. The molecule has 144 valence electrons. The maximum absolute atomic E-state index is 14.6. The van der Waals surface area contributed by atoms with Crippen molar-refractivity contribution in [2.24, 2.45) is 10.7 Å². The first-order valence-corrected chi connectivity index (χ1v) is 9.85. The largest absolute Gasteiger partial charge is 0.448 e. The van der Waals surface area contributed by atoms with E-state index in [0.717, 1.165) is 0 Å². The molecule has 3 rings (SSSR count). The number of guanidine groups is 1. The molecule has 0 saturated heterocycles. The van der Waals surface area contributed by atoms with E-state index in [1.165, 1.54) is 35.8 Å². The highest BCUT2D eigenvalue weighted by molar-refractivity contribution is 7.98. The third-order valence-corrected chi connectivity index (χ3v) is 6.54. The first-order chi connectivity index (χ1) is 12.5. The fourth-order valence-electron chi connectivity index (χ4n) is 2.88. The van der Waals surface area contributed by atoms with E-state index in [0.29, 0.717) is 11.6 Å². The number of aliphatic imine (C=N–C) groups is 1. The standard InChI is InChI=1S/C17H20FN5O3S/c1-10-20-14(8-26-10)15(24)21-11-5-6-13(18)12(7-11)17(2)9-27(4,25)23(3)16(19)22-17/h5-8H,4,9H2,1-3H3,(H2,19,22)(H,21,24)/t17-,27?/m0/s1. The summed E-state index contributed by atoms with van der Waals surface area (Å²) in [5, 5.41) is 2.63. The summed E-state index contributed by atoms with van der Waals surface area (Å²) in [7, 11) is -1.23. The smallest absolute Gasteiger partial charge is 0.277 e.